The molecule has 1 amide bonds. The van der Waals surface area contributed by atoms with E-state index in [0.717, 1.165) is 0 Å². The number of benzene rings is 1. The molecule has 0 saturated heterocycles. The van der Waals surface area contributed by atoms with Crippen molar-refractivity contribution in [3.8, 4) is 0 Å². The summed E-state index contributed by atoms with van der Waals surface area (Å²) in [5, 5.41) is 0. The molecule has 0 spiro atoms. The fourth-order valence-corrected chi connectivity index (χ4v) is 1.22. The maximum Gasteiger partial charge on any atom is 0.405 e. The van der Waals surface area contributed by atoms with Crippen molar-refractivity contribution in [2.75, 3.05) is 13.7 Å². The lowest BCUT2D eigenvalue weighted by Crippen LogP contribution is -2.21. The van der Waals surface area contributed by atoms with Gasteiger partial charge in [-0.1, -0.05) is 18.2 Å². The van der Waals surface area contributed by atoms with Gasteiger partial charge >= 0.3 is 6.09 Å². The minimum absolute atomic E-state index is 0.0594. The first-order chi connectivity index (χ1) is 7.15. The Hall–Kier alpha value is -1.62. The van der Waals surface area contributed by atoms with Crippen LogP contribution in [0.3, 0.4) is 0 Å². The summed E-state index contributed by atoms with van der Waals surface area (Å²) in [6.07, 6.45) is -1.77. The molecule has 1 rings (SSSR count). The summed E-state index contributed by atoms with van der Waals surface area (Å²) in [7, 11) is 1.43. The smallest absolute Gasteiger partial charge is 0.405 e. The second-order valence-electron chi connectivity index (χ2n) is 2.90. The maximum atomic E-state index is 13.3. The molecule has 1 aromatic rings. The molecule has 1 aromatic carbocycles. The Morgan fingerprint density at radius 1 is 1.53 bits per heavy atom. The molecule has 0 aliphatic rings. The van der Waals surface area contributed by atoms with Crippen LogP contribution in [-0.2, 0) is 9.47 Å². The van der Waals surface area contributed by atoms with Crippen molar-refractivity contribution in [1.82, 2.24) is 0 Å². The minimum atomic E-state index is -0.958. The Bertz CT molecular complexity index is 343. The molecule has 1 atom stereocenters. The fraction of sp³-hybridized carbons (Fsp3) is 0.300. The average molecular weight is 213 g/mol. The van der Waals surface area contributed by atoms with E-state index in [4.69, 9.17) is 15.2 Å². The van der Waals surface area contributed by atoms with E-state index in [0.29, 0.717) is 0 Å². The number of carbonyl (C=O) groups is 1. The zero-order valence-electron chi connectivity index (χ0n) is 8.27. The third-order valence-electron chi connectivity index (χ3n) is 1.83. The van der Waals surface area contributed by atoms with E-state index in [1.54, 1.807) is 12.1 Å². The number of hydrogen-bond donors (Lipinski definition) is 1. The highest BCUT2D eigenvalue weighted by Crippen LogP contribution is 2.20. The second kappa shape index (κ2) is 5.31. The van der Waals surface area contributed by atoms with Crippen LogP contribution in [0.5, 0.6) is 0 Å². The summed E-state index contributed by atoms with van der Waals surface area (Å²) in [4.78, 5) is 10.6. The minimum Gasteiger partial charge on any atom is -0.439 e. The first-order valence-corrected chi connectivity index (χ1v) is 4.34. The lowest BCUT2D eigenvalue weighted by molar-refractivity contribution is 0.0414. The first-order valence-electron chi connectivity index (χ1n) is 4.34. The van der Waals surface area contributed by atoms with Crippen LogP contribution in [0, 0.1) is 5.82 Å². The van der Waals surface area contributed by atoms with E-state index in [2.05, 4.69) is 0 Å². The predicted molar refractivity (Wildman–Crippen MR) is 51.7 cm³/mol. The standard InChI is InChI=1S/C10H12FNO3/c1-14-6-9(15-10(12)13)7-4-2-3-5-8(7)11/h2-5,9H,6H2,1H3,(H2,12,13)/t9-/m1/s1. The molecule has 0 heterocycles. The number of primary amides is 1. The molecule has 15 heavy (non-hydrogen) atoms. The van der Waals surface area contributed by atoms with Gasteiger partial charge in [-0.2, -0.15) is 0 Å². The van der Waals surface area contributed by atoms with Gasteiger partial charge in [0.05, 0.1) is 6.61 Å². The molecule has 0 saturated carbocycles. The van der Waals surface area contributed by atoms with Gasteiger partial charge in [0, 0.05) is 12.7 Å². The van der Waals surface area contributed by atoms with E-state index < -0.39 is 18.0 Å². The van der Waals surface area contributed by atoms with Gasteiger partial charge in [0.25, 0.3) is 0 Å². The molecule has 4 nitrogen and oxygen atoms in total. The van der Waals surface area contributed by atoms with Crippen molar-refractivity contribution in [1.29, 1.82) is 0 Å². The summed E-state index contributed by atoms with van der Waals surface area (Å²) in [5.41, 5.74) is 5.12. The van der Waals surface area contributed by atoms with Crippen molar-refractivity contribution in [3.63, 3.8) is 0 Å². The molecule has 0 aromatic heterocycles. The third kappa shape index (κ3) is 3.21. The van der Waals surface area contributed by atoms with Gasteiger partial charge in [0.15, 0.2) is 6.10 Å². The molecule has 0 bridgehead atoms. The molecule has 0 aliphatic heterocycles. The molecule has 0 fully saturated rings. The van der Waals surface area contributed by atoms with Crippen molar-refractivity contribution in [3.05, 3.63) is 35.6 Å². The number of hydrogen-bond acceptors (Lipinski definition) is 3. The van der Waals surface area contributed by atoms with Crippen LogP contribution >= 0.6 is 0 Å². The van der Waals surface area contributed by atoms with Gasteiger partial charge in [0.1, 0.15) is 5.82 Å². The molecular formula is C10H12FNO3. The summed E-state index contributed by atoms with van der Waals surface area (Å²) in [6.45, 7) is 0.0594. The molecule has 5 heteroatoms. The zero-order chi connectivity index (χ0) is 11.3. The van der Waals surface area contributed by atoms with Crippen LogP contribution in [0.4, 0.5) is 9.18 Å². The second-order valence-corrected chi connectivity index (χ2v) is 2.90. The topological polar surface area (TPSA) is 61.6 Å². The van der Waals surface area contributed by atoms with Crippen LogP contribution in [0.15, 0.2) is 24.3 Å². The Kier molecular flexibility index (Phi) is 4.05. The quantitative estimate of drug-likeness (QED) is 0.826. The van der Waals surface area contributed by atoms with Crippen LogP contribution in [0.2, 0.25) is 0 Å². The highest BCUT2D eigenvalue weighted by molar-refractivity contribution is 5.65. The Morgan fingerprint density at radius 2 is 2.20 bits per heavy atom. The van der Waals surface area contributed by atoms with E-state index in [1.165, 1.54) is 19.2 Å². The fourth-order valence-electron chi connectivity index (χ4n) is 1.22. The van der Waals surface area contributed by atoms with E-state index in [9.17, 15) is 9.18 Å². The van der Waals surface area contributed by atoms with E-state index in [1.807, 2.05) is 0 Å². The largest absolute Gasteiger partial charge is 0.439 e. The van der Waals surface area contributed by atoms with Crippen LogP contribution < -0.4 is 5.73 Å². The molecule has 82 valence electrons. The maximum absolute atomic E-state index is 13.3. The van der Waals surface area contributed by atoms with Gasteiger partial charge in [-0.3, -0.25) is 0 Å². The Labute approximate surface area is 86.8 Å². The number of methoxy groups -OCH3 is 1. The van der Waals surface area contributed by atoms with Crippen molar-refractivity contribution >= 4 is 6.09 Å². The van der Waals surface area contributed by atoms with Gasteiger partial charge in [-0.05, 0) is 6.07 Å². The Morgan fingerprint density at radius 3 is 2.73 bits per heavy atom. The average Bonchev–Trinajstić information content (AvgIpc) is 2.17. The molecule has 2 N–H and O–H groups in total. The number of rotatable bonds is 4. The molecular weight excluding hydrogens is 201 g/mol. The van der Waals surface area contributed by atoms with Crippen molar-refractivity contribution in [2.45, 2.75) is 6.10 Å². The highest BCUT2D eigenvalue weighted by atomic mass is 19.1. The predicted octanol–water partition coefficient (Wildman–Crippen LogP) is 1.61. The molecule has 0 unspecified atom stereocenters. The Balaban J connectivity index is 2.88. The van der Waals surface area contributed by atoms with Gasteiger partial charge < -0.3 is 15.2 Å². The number of halogens is 1. The van der Waals surface area contributed by atoms with Crippen LogP contribution in [-0.4, -0.2) is 19.8 Å². The van der Waals surface area contributed by atoms with Crippen molar-refractivity contribution in [2.24, 2.45) is 5.73 Å². The lowest BCUT2D eigenvalue weighted by Gasteiger charge is -2.16. The highest BCUT2D eigenvalue weighted by Gasteiger charge is 2.18. The summed E-state index contributed by atoms with van der Waals surface area (Å²) in [6, 6.07) is 5.99. The first kappa shape index (κ1) is 11.5. The monoisotopic (exact) mass is 213 g/mol. The lowest BCUT2D eigenvalue weighted by atomic mass is 10.1. The SMILES string of the molecule is COC[C@@H](OC(N)=O)c1ccccc1F. The van der Waals surface area contributed by atoms with Gasteiger partial charge in [-0.25, -0.2) is 9.18 Å². The number of ether oxygens (including phenoxy) is 2. The van der Waals surface area contributed by atoms with Crippen LogP contribution in [0.25, 0.3) is 0 Å². The third-order valence-corrected chi connectivity index (χ3v) is 1.83. The molecule has 0 aliphatic carbocycles. The number of amides is 1. The molecule has 0 radical (unpaired) electrons. The van der Waals surface area contributed by atoms with Crippen molar-refractivity contribution < 1.29 is 18.7 Å². The number of carbonyl (C=O) groups excluding carboxylic acids is 1. The van der Waals surface area contributed by atoms with E-state index in [-0.39, 0.29) is 12.2 Å². The number of nitrogens with two attached hydrogens (primary N) is 1. The summed E-state index contributed by atoms with van der Waals surface area (Å²) in [5.74, 6) is -0.458. The normalized spacial score (nSPS) is 12.1. The zero-order valence-corrected chi connectivity index (χ0v) is 8.27. The van der Waals surface area contributed by atoms with Gasteiger partial charge in [0.2, 0.25) is 0 Å². The van der Waals surface area contributed by atoms with E-state index >= 15 is 0 Å². The van der Waals surface area contributed by atoms with Gasteiger partial charge in [-0.15, -0.1) is 0 Å². The van der Waals surface area contributed by atoms with Crippen LogP contribution in [0.1, 0.15) is 11.7 Å². The summed E-state index contributed by atoms with van der Waals surface area (Å²) < 4.78 is 22.9. The summed E-state index contributed by atoms with van der Waals surface area (Å²) >= 11 is 0.